The highest BCUT2D eigenvalue weighted by Crippen LogP contribution is 2.16. The van der Waals surface area contributed by atoms with Crippen LogP contribution in [-0.2, 0) is 4.74 Å². The Kier molecular flexibility index (Phi) is 4.17. The Morgan fingerprint density at radius 1 is 1.27 bits per heavy atom. The van der Waals surface area contributed by atoms with Crippen molar-refractivity contribution in [1.29, 1.82) is 0 Å². The quantitative estimate of drug-likeness (QED) is 0.837. The lowest BCUT2D eigenvalue weighted by Gasteiger charge is -2.13. The normalized spacial score (nSPS) is 13.2. The molecule has 0 unspecified atom stereocenters. The molecule has 4 heteroatoms. The first-order chi connectivity index (χ1) is 7.00. The molecule has 0 spiro atoms. The maximum absolute atomic E-state index is 12.8. The lowest BCUT2D eigenvalue weighted by molar-refractivity contribution is 0.00479. The fourth-order valence-corrected chi connectivity index (χ4v) is 1.10. The van der Waals surface area contributed by atoms with Crippen molar-refractivity contribution in [2.24, 2.45) is 0 Å². The number of hydrogen-bond donors (Lipinski definition) is 1. The van der Waals surface area contributed by atoms with E-state index < -0.39 is 17.7 Å². The SMILES string of the molecule is CC(C)OC[C@@H](O)c1ccc(F)c(F)c1. The van der Waals surface area contributed by atoms with Crippen LogP contribution in [0.4, 0.5) is 8.78 Å². The van der Waals surface area contributed by atoms with Crippen LogP contribution in [0.15, 0.2) is 18.2 Å². The Morgan fingerprint density at radius 3 is 2.47 bits per heavy atom. The standard InChI is InChI=1S/C11H14F2O2/c1-7(2)15-6-11(14)8-3-4-9(12)10(13)5-8/h3-5,7,11,14H,6H2,1-2H3/t11-/m1/s1. The van der Waals surface area contributed by atoms with Gasteiger partial charge in [-0.05, 0) is 31.5 Å². The Labute approximate surface area is 87.5 Å². The molecule has 0 saturated carbocycles. The van der Waals surface area contributed by atoms with E-state index in [1.54, 1.807) is 0 Å². The second-order valence-corrected chi connectivity index (χ2v) is 3.57. The number of halogens is 2. The average molecular weight is 216 g/mol. The van der Waals surface area contributed by atoms with Crippen LogP contribution >= 0.6 is 0 Å². The Balaban J connectivity index is 2.65. The highest BCUT2D eigenvalue weighted by Gasteiger charge is 2.11. The summed E-state index contributed by atoms with van der Waals surface area (Å²) in [7, 11) is 0. The molecule has 0 heterocycles. The zero-order valence-electron chi connectivity index (χ0n) is 8.71. The summed E-state index contributed by atoms with van der Waals surface area (Å²) in [5, 5.41) is 9.57. The highest BCUT2D eigenvalue weighted by atomic mass is 19.2. The minimum absolute atomic E-state index is 0.00931. The van der Waals surface area contributed by atoms with Crippen LogP contribution < -0.4 is 0 Å². The molecule has 0 radical (unpaired) electrons. The molecule has 0 amide bonds. The van der Waals surface area contributed by atoms with E-state index in [0.717, 1.165) is 12.1 Å². The van der Waals surface area contributed by atoms with Gasteiger partial charge in [0.25, 0.3) is 0 Å². The molecular weight excluding hydrogens is 202 g/mol. The molecule has 0 fully saturated rings. The largest absolute Gasteiger partial charge is 0.386 e. The van der Waals surface area contributed by atoms with Gasteiger partial charge in [0.2, 0.25) is 0 Å². The van der Waals surface area contributed by atoms with E-state index in [-0.39, 0.29) is 12.7 Å². The van der Waals surface area contributed by atoms with Gasteiger partial charge in [-0.1, -0.05) is 6.07 Å². The Hall–Kier alpha value is -1.00. The van der Waals surface area contributed by atoms with Gasteiger partial charge in [-0.3, -0.25) is 0 Å². The minimum atomic E-state index is -0.962. The summed E-state index contributed by atoms with van der Waals surface area (Å²) in [5.74, 6) is -1.88. The van der Waals surface area contributed by atoms with Crippen molar-refractivity contribution in [3.63, 3.8) is 0 Å². The van der Waals surface area contributed by atoms with Crippen LogP contribution in [0, 0.1) is 11.6 Å². The zero-order valence-corrected chi connectivity index (χ0v) is 8.71. The van der Waals surface area contributed by atoms with Crippen molar-refractivity contribution in [2.45, 2.75) is 26.1 Å². The van der Waals surface area contributed by atoms with Gasteiger partial charge in [0.1, 0.15) is 6.10 Å². The van der Waals surface area contributed by atoms with Gasteiger partial charge in [0.05, 0.1) is 12.7 Å². The first-order valence-corrected chi connectivity index (χ1v) is 4.75. The van der Waals surface area contributed by atoms with Gasteiger partial charge >= 0.3 is 0 Å². The van der Waals surface area contributed by atoms with E-state index in [1.165, 1.54) is 6.07 Å². The summed E-state index contributed by atoms with van der Waals surface area (Å²) in [4.78, 5) is 0. The molecule has 15 heavy (non-hydrogen) atoms. The molecule has 1 aromatic carbocycles. The van der Waals surface area contributed by atoms with Crippen molar-refractivity contribution in [1.82, 2.24) is 0 Å². The number of aliphatic hydroxyl groups is 1. The first-order valence-electron chi connectivity index (χ1n) is 4.75. The van der Waals surface area contributed by atoms with Crippen molar-refractivity contribution in [3.8, 4) is 0 Å². The molecule has 1 N–H and O–H groups in total. The highest BCUT2D eigenvalue weighted by molar-refractivity contribution is 5.20. The third-order valence-electron chi connectivity index (χ3n) is 1.92. The van der Waals surface area contributed by atoms with Crippen molar-refractivity contribution >= 4 is 0 Å². The fraction of sp³-hybridized carbons (Fsp3) is 0.455. The average Bonchev–Trinajstić information content (AvgIpc) is 2.18. The molecular formula is C11H14F2O2. The predicted molar refractivity (Wildman–Crippen MR) is 52.4 cm³/mol. The molecule has 84 valence electrons. The number of rotatable bonds is 4. The van der Waals surface area contributed by atoms with Crippen LogP contribution in [0.25, 0.3) is 0 Å². The summed E-state index contributed by atoms with van der Waals surface area (Å²) >= 11 is 0. The Morgan fingerprint density at radius 2 is 1.93 bits per heavy atom. The lowest BCUT2D eigenvalue weighted by atomic mass is 10.1. The summed E-state index contributed by atoms with van der Waals surface area (Å²) in [6, 6.07) is 3.31. The van der Waals surface area contributed by atoms with Crippen LogP contribution in [0.2, 0.25) is 0 Å². The molecule has 0 aliphatic carbocycles. The summed E-state index contributed by atoms with van der Waals surface area (Å²) in [6.07, 6.45) is -0.938. The molecule has 0 aliphatic heterocycles. The van der Waals surface area contributed by atoms with Gasteiger partial charge in [0, 0.05) is 0 Å². The Bertz CT molecular complexity index is 326. The van der Waals surface area contributed by atoms with Crippen LogP contribution in [0.1, 0.15) is 25.5 Å². The molecule has 0 aromatic heterocycles. The number of ether oxygens (including phenoxy) is 1. The van der Waals surface area contributed by atoms with E-state index in [2.05, 4.69) is 0 Å². The number of benzene rings is 1. The molecule has 0 aliphatic rings. The van der Waals surface area contributed by atoms with Crippen molar-refractivity contribution in [2.75, 3.05) is 6.61 Å². The predicted octanol–water partition coefficient (Wildman–Crippen LogP) is 2.42. The lowest BCUT2D eigenvalue weighted by Crippen LogP contribution is -2.12. The van der Waals surface area contributed by atoms with Crippen LogP contribution in [0.5, 0.6) is 0 Å². The van der Waals surface area contributed by atoms with Gasteiger partial charge in [-0.15, -0.1) is 0 Å². The van der Waals surface area contributed by atoms with Crippen LogP contribution in [-0.4, -0.2) is 17.8 Å². The molecule has 0 saturated heterocycles. The monoisotopic (exact) mass is 216 g/mol. The minimum Gasteiger partial charge on any atom is -0.386 e. The second kappa shape index (κ2) is 5.19. The number of hydrogen-bond acceptors (Lipinski definition) is 2. The number of aliphatic hydroxyl groups excluding tert-OH is 1. The topological polar surface area (TPSA) is 29.5 Å². The smallest absolute Gasteiger partial charge is 0.159 e. The van der Waals surface area contributed by atoms with Crippen molar-refractivity contribution < 1.29 is 18.6 Å². The molecule has 2 nitrogen and oxygen atoms in total. The van der Waals surface area contributed by atoms with Crippen LogP contribution in [0.3, 0.4) is 0 Å². The third kappa shape index (κ3) is 3.57. The fourth-order valence-electron chi connectivity index (χ4n) is 1.10. The van der Waals surface area contributed by atoms with Crippen molar-refractivity contribution in [3.05, 3.63) is 35.4 Å². The third-order valence-corrected chi connectivity index (χ3v) is 1.92. The summed E-state index contributed by atoms with van der Waals surface area (Å²) < 4.78 is 30.6. The van der Waals surface area contributed by atoms with Gasteiger partial charge in [0.15, 0.2) is 11.6 Å². The maximum Gasteiger partial charge on any atom is 0.159 e. The second-order valence-electron chi connectivity index (χ2n) is 3.57. The zero-order chi connectivity index (χ0) is 11.4. The first kappa shape index (κ1) is 12.1. The van der Waals surface area contributed by atoms with E-state index >= 15 is 0 Å². The van der Waals surface area contributed by atoms with E-state index in [0.29, 0.717) is 5.56 Å². The van der Waals surface area contributed by atoms with Gasteiger partial charge in [-0.2, -0.15) is 0 Å². The van der Waals surface area contributed by atoms with E-state index in [1.807, 2.05) is 13.8 Å². The molecule has 1 aromatic rings. The molecule has 1 rings (SSSR count). The van der Waals surface area contributed by atoms with Gasteiger partial charge < -0.3 is 9.84 Å². The maximum atomic E-state index is 12.8. The summed E-state index contributed by atoms with van der Waals surface area (Å²) in [6.45, 7) is 3.73. The molecule has 1 atom stereocenters. The van der Waals surface area contributed by atoms with E-state index in [4.69, 9.17) is 4.74 Å². The molecule has 0 bridgehead atoms. The van der Waals surface area contributed by atoms with Gasteiger partial charge in [-0.25, -0.2) is 8.78 Å². The van der Waals surface area contributed by atoms with E-state index in [9.17, 15) is 13.9 Å². The summed E-state index contributed by atoms with van der Waals surface area (Å²) in [5.41, 5.74) is 0.314.